The van der Waals surface area contributed by atoms with Gasteiger partial charge in [0.05, 0.1) is 19.8 Å². The Kier molecular flexibility index (Phi) is 4.88. The van der Waals surface area contributed by atoms with Gasteiger partial charge < -0.3 is 14.4 Å². The summed E-state index contributed by atoms with van der Waals surface area (Å²) in [7, 11) is 3.01. The van der Waals surface area contributed by atoms with E-state index in [1.165, 1.54) is 26.4 Å². The number of methoxy groups -OCH3 is 2. The molecule has 0 radical (unpaired) electrons. The van der Waals surface area contributed by atoms with Crippen molar-refractivity contribution in [3.8, 4) is 11.5 Å². The van der Waals surface area contributed by atoms with Gasteiger partial charge in [0.2, 0.25) is 0 Å². The molecule has 0 spiro atoms. The van der Waals surface area contributed by atoms with Gasteiger partial charge in [0.1, 0.15) is 23.1 Å². The molecule has 0 aliphatic heterocycles. The lowest BCUT2D eigenvalue weighted by Crippen LogP contribution is -2.33. The van der Waals surface area contributed by atoms with Crippen LogP contribution in [0, 0.1) is 11.6 Å². The van der Waals surface area contributed by atoms with E-state index in [0.29, 0.717) is 17.1 Å². The first kappa shape index (κ1) is 17.2. The van der Waals surface area contributed by atoms with E-state index in [-0.39, 0.29) is 24.1 Å². The van der Waals surface area contributed by atoms with Crippen molar-refractivity contribution in [2.75, 3.05) is 14.2 Å². The zero-order valence-electron chi connectivity index (χ0n) is 14.1. The molecule has 2 aromatic rings. The minimum Gasteiger partial charge on any atom is -0.497 e. The van der Waals surface area contributed by atoms with E-state index in [1.54, 1.807) is 23.1 Å². The summed E-state index contributed by atoms with van der Waals surface area (Å²) in [4.78, 5) is 14.6. The van der Waals surface area contributed by atoms with Crippen molar-refractivity contribution in [3.63, 3.8) is 0 Å². The van der Waals surface area contributed by atoms with Crippen LogP contribution in [0.4, 0.5) is 8.78 Å². The Morgan fingerprint density at radius 3 is 2.48 bits per heavy atom. The van der Waals surface area contributed by atoms with Crippen LogP contribution in [0.25, 0.3) is 0 Å². The van der Waals surface area contributed by atoms with Gasteiger partial charge in [-0.2, -0.15) is 0 Å². The molecule has 1 aliphatic rings. The molecule has 132 valence electrons. The normalized spacial score (nSPS) is 13.4. The van der Waals surface area contributed by atoms with Crippen LogP contribution in [0.1, 0.15) is 28.8 Å². The fourth-order valence-corrected chi connectivity index (χ4v) is 2.72. The summed E-state index contributed by atoms with van der Waals surface area (Å²) < 4.78 is 37.5. The zero-order chi connectivity index (χ0) is 18.0. The number of halogens is 2. The van der Waals surface area contributed by atoms with E-state index in [4.69, 9.17) is 9.47 Å². The highest BCUT2D eigenvalue weighted by Crippen LogP contribution is 2.33. The number of hydrogen-bond acceptors (Lipinski definition) is 3. The van der Waals surface area contributed by atoms with E-state index in [0.717, 1.165) is 18.9 Å². The molecule has 2 aromatic carbocycles. The average molecular weight is 347 g/mol. The quantitative estimate of drug-likeness (QED) is 0.798. The second-order valence-corrected chi connectivity index (χ2v) is 5.97. The number of hydrogen-bond donors (Lipinski definition) is 0. The van der Waals surface area contributed by atoms with Gasteiger partial charge in [-0.3, -0.25) is 4.79 Å². The van der Waals surface area contributed by atoms with Gasteiger partial charge in [-0.05, 0) is 31.0 Å². The Labute approximate surface area is 145 Å². The Morgan fingerprint density at radius 1 is 1.12 bits per heavy atom. The second-order valence-electron chi connectivity index (χ2n) is 5.97. The maximum atomic E-state index is 14.0. The number of carbonyl (C=O) groups excluding carboxylic acids is 1. The molecule has 1 fully saturated rings. The van der Waals surface area contributed by atoms with Gasteiger partial charge in [0.25, 0.3) is 5.91 Å². The maximum absolute atomic E-state index is 14.0. The molecular formula is C19H19F2NO3. The van der Waals surface area contributed by atoms with Crippen molar-refractivity contribution in [2.45, 2.75) is 25.4 Å². The van der Waals surface area contributed by atoms with Gasteiger partial charge >= 0.3 is 0 Å². The number of carbonyl (C=O) groups is 1. The maximum Gasteiger partial charge on any atom is 0.258 e. The van der Waals surface area contributed by atoms with Crippen molar-refractivity contribution in [3.05, 3.63) is 59.2 Å². The summed E-state index contributed by atoms with van der Waals surface area (Å²) in [5.41, 5.74) is 0.673. The molecule has 0 N–H and O–H groups in total. The SMILES string of the molecule is COc1ccc(C(=O)N(Cc2ccc(F)cc2F)C2CC2)c(OC)c1. The molecule has 4 nitrogen and oxygen atoms in total. The number of ether oxygens (including phenoxy) is 2. The van der Waals surface area contributed by atoms with Gasteiger partial charge in [0.15, 0.2) is 0 Å². The molecule has 0 bridgehead atoms. The number of nitrogens with zero attached hydrogens (tertiary/aromatic N) is 1. The van der Waals surface area contributed by atoms with E-state index < -0.39 is 11.6 Å². The van der Waals surface area contributed by atoms with Gasteiger partial charge in [-0.1, -0.05) is 6.07 Å². The largest absolute Gasteiger partial charge is 0.497 e. The first-order valence-electron chi connectivity index (χ1n) is 8.00. The molecule has 0 heterocycles. The smallest absolute Gasteiger partial charge is 0.258 e. The van der Waals surface area contributed by atoms with Crippen LogP contribution in [-0.2, 0) is 6.54 Å². The fraction of sp³-hybridized carbons (Fsp3) is 0.316. The van der Waals surface area contributed by atoms with E-state index in [1.807, 2.05) is 0 Å². The predicted molar refractivity (Wildman–Crippen MR) is 88.8 cm³/mol. The van der Waals surface area contributed by atoms with Crippen molar-refractivity contribution in [2.24, 2.45) is 0 Å². The number of rotatable bonds is 6. The molecule has 25 heavy (non-hydrogen) atoms. The summed E-state index contributed by atoms with van der Waals surface area (Å²) in [6.07, 6.45) is 1.74. The highest BCUT2D eigenvalue weighted by atomic mass is 19.1. The Balaban J connectivity index is 1.89. The van der Waals surface area contributed by atoms with E-state index in [9.17, 15) is 13.6 Å². The van der Waals surface area contributed by atoms with Crippen molar-refractivity contribution < 1.29 is 23.0 Å². The third kappa shape index (κ3) is 3.73. The van der Waals surface area contributed by atoms with Crippen LogP contribution in [-0.4, -0.2) is 31.1 Å². The number of amides is 1. The molecule has 0 atom stereocenters. The van der Waals surface area contributed by atoms with Crippen molar-refractivity contribution >= 4 is 5.91 Å². The topological polar surface area (TPSA) is 38.8 Å². The fourth-order valence-electron chi connectivity index (χ4n) is 2.72. The van der Waals surface area contributed by atoms with Crippen LogP contribution in [0.3, 0.4) is 0 Å². The van der Waals surface area contributed by atoms with Gasteiger partial charge in [-0.25, -0.2) is 8.78 Å². The third-order valence-electron chi connectivity index (χ3n) is 4.24. The van der Waals surface area contributed by atoms with Crippen molar-refractivity contribution in [1.82, 2.24) is 4.90 Å². The number of benzene rings is 2. The molecule has 1 amide bonds. The second kappa shape index (κ2) is 7.09. The molecule has 3 rings (SSSR count). The lowest BCUT2D eigenvalue weighted by Gasteiger charge is -2.24. The monoisotopic (exact) mass is 347 g/mol. The molecule has 0 aromatic heterocycles. The highest BCUT2D eigenvalue weighted by molar-refractivity contribution is 5.97. The standard InChI is InChI=1S/C19H19F2NO3/c1-24-15-7-8-16(18(10-15)25-2)19(23)22(14-5-6-14)11-12-3-4-13(20)9-17(12)21/h3-4,7-10,14H,5-6,11H2,1-2H3. The van der Waals surface area contributed by atoms with Crippen LogP contribution < -0.4 is 9.47 Å². The van der Waals surface area contributed by atoms with Crippen LogP contribution in [0.2, 0.25) is 0 Å². The van der Waals surface area contributed by atoms with Crippen LogP contribution in [0.5, 0.6) is 11.5 Å². The molecule has 1 saturated carbocycles. The Morgan fingerprint density at radius 2 is 1.88 bits per heavy atom. The van der Waals surface area contributed by atoms with E-state index >= 15 is 0 Å². The van der Waals surface area contributed by atoms with E-state index in [2.05, 4.69) is 0 Å². The molecular weight excluding hydrogens is 328 g/mol. The lowest BCUT2D eigenvalue weighted by atomic mass is 10.1. The molecule has 1 aliphatic carbocycles. The highest BCUT2D eigenvalue weighted by Gasteiger charge is 2.34. The van der Waals surface area contributed by atoms with Gasteiger partial charge in [-0.15, -0.1) is 0 Å². The first-order chi connectivity index (χ1) is 12.0. The summed E-state index contributed by atoms with van der Waals surface area (Å²) in [5.74, 6) is -0.557. The molecule has 6 heteroatoms. The first-order valence-corrected chi connectivity index (χ1v) is 8.00. The zero-order valence-corrected chi connectivity index (χ0v) is 14.1. The summed E-state index contributed by atoms with van der Waals surface area (Å²) >= 11 is 0. The third-order valence-corrected chi connectivity index (χ3v) is 4.24. The van der Waals surface area contributed by atoms with Crippen molar-refractivity contribution in [1.29, 1.82) is 0 Å². The average Bonchev–Trinajstić information content (AvgIpc) is 3.45. The molecule has 0 saturated heterocycles. The van der Waals surface area contributed by atoms with Crippen LogP contribution >= 0.6 is 0 Å². The molecule has 0 unspecified atom stereocenters. The predicted octanol–water partition coefficient (Wildman–Crippen LogP) is 3.79. The van der Waals surface area contributed by atoms with Crippen LogP contribution in [0.15, 0.2) is 36.4 Å². The minimum atomic E-state index is -0.653. The Bertz CT molecular complexity index is 790. The lowest BCUT2D eigenvalue weighted by molar-refractivity contribution is 0.0725. The summed E-state index contributed by atoms with van der Waals surface area (Å²) in [5, 5.41) is 0. The minimum absolute atomic E-state index is 0.0590. The Hall–Kier alpha value is -2.63. The summed E-state index contributed by atoms with van der Waals surface area (Å²) in [6.45, 7) is 0.0881. The summed E-state index contributed by atoms with van der Waals surface area (Å²) in [6, 6.07) is 8.41. The van der Waals surface area contributed by atoms with Gasteiger partial charge in [0, 0.05) is 30.3 Å².